The molecule has 5 heteroatoms. The number of fused-ring (bicyclic) bond motifs is 1. The molecule has 1 aliphatic heterocycles. The topological polar surface area (TPSA) is 67.8 Å². The van der Waals surface area contributed by atoms with E-state index in [0.717, 1.165) is 0 Å². The molecule has 5 nitrogen and oxygen atoms in total. The molecule has 1 atom stereocenters. The fourth-order valence-corrected chi connectivity index (χ4v) is 1.74. The van der Waals surface area contributed by atoms with Gasteiger partial charge in [-0.3, -0.25) is 10.1 Å². The number of ether oxygens (including phenoxy) is 2. The van der Waals surface area contributed by atoms with E-state index < -0.39 is 12.0 Å². The third-order valence-corrected chi connectivity index (χ3v) is 2.48. The predicted molar refractivity (Wildman–Crippen MR) is 61.2 cm³/mol. The average molecular weight is 237 g/mol. The molecule has 2 rings (SSSR count). The monoisotopic (exact) mass is 237 g/mol. The minimum atomic E-state index is -0.905. The summed E-state index contributed by atoms with van der Waals surface area (Å²) in [6.45, 7) is 4.00. The van der Waals surface area contributed by atoms with E-state index in [-0.39, 0.29) is 12.8 Å². The maximum absolute atomic E-state index is 11.2. The van der Waals surface area contributed by atoms with Gasteiger partial charge in [-0.05, 0) is 31.5 Å². The van der Waals surface area contributed by atoms with Gasteiger partial charge in [-0.15, -0.1) is 0 Å². The zero-order valence-corrected chi connectivity index (χ0v) is 9.77. The molecule has 1 aliphatic rings. The van der Waals surface area contributed by atoms with E-state index in [1.54, 1.807) is 18.2 Å². The highest BCUT2D eigenvalue weighted by Crippen LogP contribution is 2.34. The van der Waals surface area contributed by atoms with Gasteiger partial charge in [0.25, 0.3) is 0 Å². The SMILES string of the molecule is CC(C)NC(C(=O)O)c1ccc2c(c1)OCO2. The normalized spacial score (nSPS) is 15.0. The van der Waals surface area contributed by atoms with Crippen molar-refractivity contribution >= 4 is 5.97 Å². The Bertz CT molecular complexity index is 431. The second-order valence-corrected chi connectivity index (χ2v) is 4.21. The zero-order valence-electron chi connectivity index (χ0n) is 9.77. The molecule has 1 heterocycles. The van der Waals surface area contributed by atoms with Crippen molar-refractivity contribution in [1.82, 2.24) is 5.32 Å². The highest BCUT2D eigenvalue weighted by molar-refractivity contribution is 5.76. The first-order chi connectivity index (χ1) is 8.08. The number of benzene rings is 1. The molecule has 1 aromatic rings. The Balaban J connectivity index is 2.27. The van der Waals surface area contributed by atoms with Crippen molar-refractivity contribution in [3.05, 3.63) is 23.8 Å². The van der Waals surface area contributed by atoms with Crippen LogP contribution in [0.4, 0.5) is 0 Å². The highest BCUT2D eigenvalue weighted by atomic mass is 16.7. The van der Waals surface area contributed by atoms with Crippen molar-refractivity contribution in [2.45, 2.75) is 25.9 Å². The lowest BCUT2D eigenvalue weighted by molar-refractivity contribution is -0.139. The number of nitrogens with one attached hydrogen (secondary N) is 1. The molecule has 2 N–H and O–H groups in total. The summed E-state index contributed by atoms with van der Waals surface area (Å²) < 4.78 is 10.4. The molecule has 0 spiro atoms. The van der Waals surface area contributed by atoms with Crippen molar-refractivity contribution < 1.29 is 19.4 Å². The van der Waals surface area contributed by atoms with Gasteiger partial charge in [-0.2, -0.15) is 0 Å². The lowest BCUT2D eigenvalue weighted by Gasteiger charge is -2.17. The van der Waals surface area contributed by atoms with Crippen LogP contribution < -0.4 is 14.8 Å². The van der Waals surface area contributed by atoms with E-state index in [2.05, 4.69) is 5.32 Å². The third-order valence-electron chi connectivity index (χ3n) is 2.48. The summed E-state index contributed by atoms with van der Waals surface area (Å²) in [5.74, 6) is 0.347. The van der Waals surface area contributed by atoms with Crippen LogP contribution in [0.1, 0.15) is 25.5 Å². The minimum absolute atomic E-state index is 0.0847. The summed E-state index contributed by atoms with van der Waals surface area (Å²) in [6, 6.07) is 4.53. The van der Waals surface area contributed by atoms with E-state index >= 15 is 0 Å². The molecule has 17 heavy (non-hydrogen) atoms. The predicted octanol–water partition coefficient (Wildman–Crippen LogP) is 1.54. The van der Waals surface area contributed by atoms with Gasteiger partial charge in [0.2, 0.25) is 6.79 Å². The Kier molecular flexibility index (Phi) is 3.19. The van der Waals surface area contributed by atoms with Crippen molar-refractivity contribution in [2.75, 3.05) is 6.79 Å². The molecular weight excluding hydrogens is 222 g/mol. The third kappa shape index (κ3) is 2.50. The number of carboxylic acids is 1. The zero-order chi connectivity index (χ0) is 12.4. The Labute approximate surface area is 99.3 Å². The molecule has 0 amide bonds. The molecule has 92 valence electrons. The van der Waals surface area contributed by atoms with Gasteiger partial charge in [0.05, 0.1) is 0 Å². The first kappa shape index (κ1) is 11.7. The van der Waals surface area contributed by atoms with Crippen LogP contribution in [0.5, 0.6) is 11.5 Å². The summed E-state index contributed by atoms with van der Waals surface area (Å²) in [5.41, 5.74) is 0.662. The van der Waals surface area contributed by atoms with Gasteiger partial charge in [0, 0.05) is 6.04 Å². The Morgan fingerprint density at radius 3 is 2.71 bits per heavy atom. The summed E-state index contributed by atoms with van der Waals surface area (Å²) in [6.07, 6.45) is 0. The quantitative estimate of drug-likeness (QED) is 0.831. The smallest absolute Gasteiger partial charge is 0.325 e. The number of hydrogen-bond acceptors (Lipinski definition) is 4. The standard InChI is InChI=1S/C12H15NO4/c1-7(2)13-11(12(14)15)8-3-4-9-10(5-8)17-6-16-9/h3-5,7,11,13H,6H2,1-2H3,(H,14,15). The molecule has 0 fully saturated rings. The molecular formula is C12H15NO4. The fourth-order valence-electron chi connectivity index (χ4n) is 1.74. The lowest BCUT2D eigenvalue weighted by Crippen LogP contribution is -2.33. The fraction of sp³-hybridized carbons (Fsp3) is 0.417. The maximum atomic E-state index is 11.2. The van der Waals surface area contributed by atoms with Gasteiger partial charge >= 0.3 is 5.97 Å². The number of hydrogen-bond donors (Lipinski definition) is 2. The summed E-state index contributed by atoms with van der Waals surface area (Å²) in [4.78, 5) is 11.2. The van der Waals surface area contributed by atoms with E-state index in [4.69, 9.17) is 9.47 Å². The molecule has 0 saturated heterocycles. The first-order valence-electron chi connectivity index (χ1n) is 5.46. The van der Waals surface area contributed by atoms with Gasteiger partial charge in [-0.25, -0.2) is 0 Å². The molecule has 0 aromatic heterocycles. The Morgan fingerprint density at radius 1 is 1.35 bits per heavy atom. The van der Waals surface area contributed by atoms with Crippen LogP contribution in [-0.4, -0.2) is 23.9 Å². The van der Waals surface area contributed by atoms with Crippen LogP contribution >= 0.6 is 0 Å². The van der Waals surface area contributed by atoms with E-state index in [1.165, 1.54) is 0 Å². The maximum Gasteiger partial charge on any atom is 0.325 e. The van der Waals surface area contributed by atoms with Crippen LogP contribution in [-0.2, 0) is 4.79 Å². The van der Waals surface area contributed by atoms with Crippen molar-refractivity contribution in [3.63, 3.8) is 0 Å². The summed E-state index contributed by atoms with van der Waals surface area (Å²) in [7, 11) is 0. The Hall–Kier alpha value is -1.75. The molecule has 0 saturated carbocycles. The number of aliphatic carboxylic acids is 1. The summed E-state index contributed by atoms with van der Waals surface area (Å²) in [5, 5.41) is 12.2. The van der Waals surface area contributed by atoms with Gasteiger partial charge < -0.3 is 14.6 Å². The molecule has 0 bridgehead atoms. The number of rotatable bonds is 4. The molecule has 0 radical (unpaired) electrons. The second-order valence-electron chi connectivity index (χ2n) is 4.21. The van der Waals surface area contributed by atoms with E-state index in [0.29, 0.717) is 17.1 Å². The molecule has 0 aliphatic carbocycles. The largest absolute Gasteiger partial charge is 0.480 e. The lowest BCUT2D eigenvalue weighted by atomic mass is 10.1. The second kappa shape index (κ2) is 4.63. The van der Waals surface area contributed by atoms with E-state index in [1.807, 2.05) is 13.8 Å². The van der Waals surface area contributed by atoms with Gasteiger partial charge in [0.15, 0.2) is 11.5 Å². The minimum Gasteiger partial charge on any atom is -0.480 e. The van der Waals surface area contributed by atoms with Gasteiger partial charge in [0.1, 0.15) is 6.04 Å². The van der Waals surface area contributed by atoms with E-state index in [9.17, 15) is 9.90 Å². The van der Waals surface area contributed by atoms with Crippen LogP contribution in [0.15, 0.2) is 18.2 Å². The van der Waals surface area contributed by atoms with Crippen molar-refractivity contribution in [3.8, 4) is 11.5 Å². The van der Waals surface area contributed by atoms with Gasteiger partial charge in [-0.1, -0.05) is 6.07 Å². The summed E-state index contributed by atoms with van der Waals surface area (Å²) >= 11 is 0. The van der Waals surface area contributed by atoms with Crippen molar-refractivity contribution in [2.24, 2.45) is 0 Å². The van der Waals surface area contributed by atoms with Crippen LogP contribution in [0.25, 0.3) is 0 Å². The number of carboxylic acid groups (broad SMARTS) is 1. The van der Waals surface area contributed by atoms with Crippen LogP contribution in [0.3, 0.4) is 0 Å². The average Bonchev–Trinajstić information content (AvgIpc) is 2.72. The molecule has 1 aromatic carbocycles. The van der Waals surface area contributed by atoms with Crippen molar-refractivity contribution in [1.29, 1.82) is 0 Å². The number of carbonyl (C=O) groups is 1. The highest BCUT2D eigenvalue weighted by Gasteiger charge is 2.23. The molecule has 1 unspecified atom stereocenters. The first-order valence-corrected chi connectivity index (χ1v) is 5.46. The van der Waals surface area contributed by atoms with Crippen LogP contribution in [0, 0.1) is 0 Å². The Morgan fingerprint density at radius 2 is 2.06 bits per heavy atom. The van der Waals surface area contributed by atoms with Crippen LogP contribution in [0.2, 0.25) is 0 Å².